The van der Waals surface area contributed by atoms with E-state index < -0.39 is 0 Å². The predicted molar refractivity (Wildman–Crippen MR) is 95.8 cm³/mol. The molecule has 0 saturated carbocycles. The first-order valence-corrected chi connectivity index (χ1v) is 8.26. The quantitative estimate of drug-likeness (QED) is 0.485. The molecule has 2 amide bonds. The van der Waals surface area contributed by atoms with Gasteiger partial charge in [-0.1, -0.05) is 11.6 Å². The highest BCUT2D eigenvalue weighted by Crippen LogP contribution is 2.13. The standard InChI is InChI=1S/C17H20ClN5O2/c1-12-4-5-14(15(18)23-12)17(25)22-10-8-19-7-9-21-16(24)13-3-2-6-20-11-13/h2-6,11,19H,7-10H2,1H3,(H,21,24)(H,22,25). The van der Waals surface area contributed by atoms with Gasteiger partial charge in [-0.3, -0.25) is 14.6 Å². The number of pyridine rings is 2. The van der Waals surface area contributed by atoms with Crippen LogP contribution >= 0.6 is 11.6 Å². The fraction of sp³-hybridized carbons (Fsp3) is 0.294. The van der Waals surface area contributed by atoms with Gasteiger partial charge in [0.1, 0.15) is 5.15 Å². The number of carbonyl (C=O) groups is 2. The number of nitrogens with zero attached hydrogens (tertiary/aromatic N) is 2. The van der Waals surface area contributed by atoms with E-state index in [-0.39, 0.29) is 17.0 Å². The summed E-state index contributed by atoms with van der Waals surface area (Å²) >= 11 is 5.95. The van der Waals surface area contributed by atoms with E-state index >= 15 is 0 Å². The average molecular weight is 362 g/mol. The zero-order chi connectivity index (χ0) is 18.1. The van der Waals surface area contributed by atoms with Crippen molar-refractivity contribution in [1.82, 2.24) is 25.9 Å². The van der Waals surface area contributed by atoms with Gasteiger partial charge >= 0.3 is 0 Å². The normalized spacial score (nSPS) is 10.3. The smallest absolute Gasteiger partial charge is 0.254 e. The molecule has 0 aliphatic rings. The molecule has 0 spiro atoms. The third kappa shape index (κ3) is 6.13. The molecule has 3 N–H and O–H groups in total. The van der Waals surface area contributed by atoms with Gasteiger partial charge in [-0.15, -0.1) is 0 Å². The topological polar surface area (TPSA) is 96.0 Å². The minimum absolute atomic E-state index is 0.162. The number of aryl methyl sites for hydroxylation is 1. The second-order valence-electron chi connectivity index (χ2n) is 5.29. The summed E-state index contributed by atoms with van der Waals surface area (Å²) in [7, 11) is 0. The Morgan fingerprint density at radius 1 is 1.04 bits per heavy atom. The van der Waals surface area contributed by atoms with Crippen LogP contribution in [0.3, 0.4) is 0 Å². The lowest BCUT2D eigenvalue weighted by atomic mass is 10.2. The van der Waals surface area contributed by atoms with Crippen LogP contribution in [0.2, 0.25) is 5.15 Å². The number of amides is 2. The highest BCUT2D eigenvalue weighted by molar-refractivity contribution is 6.32. The highest BCUT2D eigenvalue weighted by Gasteiger charge is 2.10. The zero-order valence-electron chi connectivity index (χ0n) is 13.9. The van der Waals surface area contributed by atoms with Crippen LogP contribution in [0.25, 0.3) is 0 Å². The molecule has 2 rings (SSSR count). The van der Waals surface area contributed by atoms with E-state index in [1.807, 2.05) is 6.92 Å². The first-order valence-electron chi connectivity index (χ1n) is 7.88. The van der Waals surface area contributed by atoms with Crippen LogP contribution in [0.15, 0.2) is 36.7 Å². The summed E-state index contributed by atoms with van der Waals surface area (Å²) in [5.74, 6) is -0.422. The number of carbonyl (C=O) groups excluding carboxylic acids is 2. The summed E-state index contributed by atoms with van der Waals surface area (Å²) in [4.78, 5) is 31.7. The Morgan fingerprint density at radius 3 is 2.40 bits per heavy atom. The average Bonchev–Trinajstić information content (AvgIpc) is 2.61. The van der Waals surface area contributed by atoms with Gasteiger partial charge in [-0.2, -0.15) is 0 Å². The summed E-state index contributed by atoms with van der Waals surface area (Å²) in [5, 5.41) is 8.87. The van der Waals surface area contributed by atoms with Gasteiger partial charge in [0.15, 0.2) is 0 Å². The summed E-state index contributed by atoms with van der Waals surface area (Å²) in [6, 6.07) is 6.81. The third-order valence-electron chi connectivity index (χ3n) is 3.33. The number of aromatic nitrogens is 2. The van der Waals surface area contributed by atoms with Crippen LogP contribution in [-0.4, -0.2) is 48.0 Å². The molecule has 0 aliphatic carbocycles. The Bertz CT molecular complexity index is 724. The van der Waals surface area contributed by atoms with E-state index in [2.05, 4.69) is 25.9 Å². The first-order chi connectivity index (χ1) is 12.1. The van der Waals surface area contributed by atoms with Crippen LogP contribution in [0.1, 0.15) is 26.4 Å². The van der Waals surface area contributed by atoms with Crippen molar-refractivity contribution in [3.63, 3.8) is 0 Å². The van der Waals surface area contributed by atoms with E-state index in [9.17, 15) is 9.59 Å². The van der Waals surface area contributed by atoms with Gasteiger partial charge in [0.05, 0.1) is 11.1 Å². The molecule has 2 heterocycles. The van der Waals surface area contributed by atoms with Crippen molar-refractivity contribution in [1.29, 1.82) is 0 Å². The number of hydrogen-bond acceptors (Lipinski definition) is 5. The largest absolute Gasteiger partial charge is 0.351 e. The highest BCUT2D eigenvalue weighted by atomic mass is 35.5. The van der Waals surface area contributed by atoms with Crippen molar-refractivity contribution in [2.45, 2.75) is 6.92 Å². The molecule has 8 heteroatoms. The maximum absolute atomic E-state index is 12.0. The summed E-state index contributed by atoms with van der Waals surface area (Å²) in [5.41, 5.74) is 1.64. The fourth-order valence-electron chi connectivity index (χ4n) is 2.04. The molecule has 2 aromatic rings. The van der Waals surface area contributed by atoms with Crippen molar-refractivity contribution in [3.05, 3.63) is 58.6 Å². The number of halogens is 1. The van der Waals surface area contributed by atoms with Crippen LogP contribution < -0.4 is 16.0 Å². The molecule has 7 nitrogen and oxygen atoms in total. The lowest BCUT2D eigenvalue weighted by molar-refractivity contribution is 0.0948. The van der Waals surface area contributed by atoms with Gasteiger partial charge < -0.3 is 16.0 Å². The Hall–Kier alpha value is -2.51. The van der Waals surface area contributed by atoms with Gasteiger partial charge in [-0.05, 0) is 31.2 Å². The minimum Gasteiger partial charge on any atom is -0.351 e. The molecule has 0 atom stereocenters. The van der Waals surface area contributed by atoms with E-state index in [4.69, 9.17) is 11.6 Å². The van der Waals surface area contributed by atoms with E-state index in [0.29, 0.717) is 37.3 Å². The maximum atomic E-state index is 12.0. The van der Waals surface area contributed by atoms with Crippen LogP contribution in [-0.2, 0) is 0 Å². The molecule has 0 unspecified atom stereocenters. The number of rotatable bonds is 8. The Kier molecular flexibility index (Phi) is 7.31. The second kappa shape index (κ2) is 9.71. The zero-order valence-corrected chi connectivity index (χ0v) is 14.6. The van der Waals surface area contributed by atoms with Crippen molar-refractivity contribution in [2.75, 3.05) is 26.2 Å². The van der Waals surface area contributed by atoms with Gasteiger partial charge in [0.25, 0.3) is 11.8 Å². The maximum Gasteiger partial charge on any atom is 0.254 e. The lowest BCUT2D eigenvalue weighted by Gasteiger charge is -2.09. The molecule has 132 valence electrons. The number of nitrogens with one attached hydrogen (secondary N) is 3. The van der Waals surface area contributed by atoms with Gasteiger partial charge in [0, 0.05) is 44.3 Å². The minimum atomic E-state index is -0.260. The molecule has 0 fully saturated rings. The van der Waals surface area contributed by atoms with Crippen molar-refractivity contribution in [3.8, 4) is 0 Å². The Labute approximate surface area is 151 Å². The molecular weight excluding hydrogens is 342 g/mol. The Morgan fingerprint density at radius 2 is 1.76 bits per heavy atom. The molecule has 0 bridgehead atoms. The molecule has 0 aromatic carbocycles. The summed E-state index contributed by atoms with van der Waals surface area (Å²) in [6.07, 6.45) is 3.13. The summed E-state index contributed by atoms with van der Waals surface area (Å²) < 4.78 is 0. The molecule has 0 aliphatic heterocycles. The third-order valence-corrected chi connectivity index (χ3v) is 3.62. The second-order valence-corrected chi connectivity index (χ2v) is 5.65. The van der Waals surface area contributed by atoms with Gasteiger partial charge in [-0.25, -0.2) is 4.98 Å². The van der Waals surface area contributed by atoms with E-state index in [1.165, 1.54) is 6.20 Å². The first kappa shape index (κ1) is 18.8. The number of hydrogen-bond donors (Lipinski definition) is 3. The van der Waals surface area contributed by atoms with Crippen LogP contribution in [0, 0.1) is 6.92 Å². The van der Waals surface area contributed by atoms with Crippen molar-refractivity contribution in [2.24, 2.45) is 0 Å². The molecule has 2 aromatic heterocycles. The van der Waals surface area contributed by atoms with Crippen molar-refractivity contribution >= 4 is 23.4 Å². The summed E-state index contributed by atoms with van der Waals surface area (Å²) in [6.45, 7) is 3.90. The van der Waals surface area contributed by atoms with Crippen molar-refractivity contribution < 1.29 is 9.59 Å². The SMILES string of the molecule is Cc1ccc(C(=O)NCCNCCNC(=O)c2cccnc2)c(Cl)n1. The molecule has 25 heavy (non-hydrogen) atoms. The van der Waals surface area contributed by atoms with Crippen LogP contribution in [0.5, 0.6) is 0 Å². The lowest BCUT2D eigenvalue weighted by Crippen LogP contribution is -2.36. The molecule has 0 saturated heterocycles. The van der Waals surface area contributed by atoms with Crippen LogP contribution in [0.4, 0.5) is 0 Å². The Balaban J connectivity index is 1.59. The monoisotopic (exact) mass is 361 g/mol. The molecule has 0 radical (unpaired) electrons. The van der Waals surface area contributed by atoms with Gasteiger partial charge in [0.2, 0.25) is 0 Å². The molecular formula is C17H20ClN5O2. The fourth-order valence-corrected chi connectivity index (χ4v) is 2.32. The van der Waals surface area contributed by atoms with E-state index in [0.717, 1.165) is 5.69 Å². The van der Waals surface area contributed by atoms with E-state index in [1.54, 1.807) is 30.5 Å². The predicted octanol–water partition coefficient (Wildman–Crippen LogP) is 1.19.